The maximum Gasteiger partial charge on any atom is 0.295 e. The number of hydrogen-bond acceptors (Lipinski definition) is 5. The molecule has 2 aromatic rings. The third kappa shape index (κ3) is 3.49. The van der Waals surface area contributed by atoms with Crippen molar-refractivity contribution in [3.8, 4) is 11.5 Å². The molecule has 0 spiro atoms. The van der Waals surface area contributed by atoms with E-state index in [0.717, 1.165) is 0 Å². The molecule has 1 atom stereocenters. The Balaban J connectivity index is 2.19. The van der Waals surface area contributed by atoms with Crippen LogP contribution in [0.3, 0.4) is 0 Å². The molecule has 146 valence electrons. The summed E-state index contributed by atoms with van der Waals surface area (Å²) in [6.45, 7) is 2.26. The number of aliphatic hydroxyl groups is 1. The number of phenolic OH excluding ortho intramolecular Hbond substituents is 1. The van der Waals surface area contributed by atoms with Gasteiger partial charge in [-0.3, -0.25) is 9.59 Å². The monoisotopic (exact) mass is 445 g/mol. The summed E-state index contributed by atoms with van der Waals surface area (Å²) in [7, 11) is 1.53. The second kappa shape index (κ2) is 8.06. The van der Waals surface area contributed by atoms with E-state index >= 15 is 0 Å². The number of carbonyl (C=O) groups excluding carboxylic acids is 2. The van der Waals surface area contributed by atoms with E-state index in [2.05, 4.69) is 15.9 Å². The average molecular weight is 446 g/mol. The summed E-state index contributed by atoms with van der Waals surface area (Å²) in [6.07, 6.45) is 0.649. The Labute approximate surface area is 171 Å². The van der Waals surface area contributed by atoms with Crippen molar-refractivity contribution in [3.63, 3.8) is 0 Å². The normalized spacial score (nSPS) is 18.5. The van der Waals surface area contributed by atoms with Crippen molar-refractivity contribution in [1.29, 1.82) is 0 Å². The van der Waals surface area contributed by atoms with Gasteiger partial charge >= 0.3 is 0 Å². The molecule has 0 aliphatic carbocycles. The summed E-state index contributed by atoms with van der Waals surface area (Å²) in [5.41, 5.74) is 0.940. The molecule has 6 nitrogen and oxygen atoms in total. The van der Waals surface area contributed by atoms with Gasteiger partial charge in [-0.1, -0.05) is 19.1 Å². The number of aliphatic hydroxyl groups excluding tert-OH is 1. The van der Waals surface area contributed by atoms with Gasteiger partial charge in [0.05, 0.1) is 23.2 Å². The first-order chi connectivity index (χ1) is 13.4. The molecule has 3 rings (SSSR count). The highest BCUT2D eigenvalue weighted by Crippen LogP contribution is 2.41. The van der Waals surface area contributed by atoms with Gasteiger partial charge in [0.25, 0.3) is 11.7 Å². The standard InChI is InChI=1S/C21H20BrNO5/c1-3-9-23-18(12-5-4-6-14(24)10-12)17(20(26)21(23)27)19(25)13-7-8-16(28-2)15(22)11-13/h4-8,10-11,18,24-25H,3,9H2,1-2H3/b19-17-. The van der Waals surface area contributed by atoms with Crippen molar-refractivity contribution in [3.05, 3.63) is 63.6 Å². The fourth-order valence-electron chi connectivity index (χ4n) is 3.36. The Morgan fingerprint density at radius 2 is 1.96 bits per heavy atom. The predicted octanol–water partition coefficient (Wildman–Crippen LogP) is 4.00. The van der Waals surface area contributed by atoms with E-state index < -0.39 is 17.7 Å². The Bertz CT molecular complexity index is 969. The summed E-state index contributed by atoms with van der Waals surface area (Å²) in [5, 5.41) is 20.8. The fourth-order valence-corrected chi connectivity index (χ4v) is 3.90. The molecule has 1 unspecified atom stereocenters. The van der Waals surface area contributed by atoms with E-state index in [0.29, 0.717) is 34.3 Å². The predicted molar refractivity (Wildman–Crippen MR) is 108 cm³/mol. The van der Waals surface area contributed by atoms with Crippen LogP contribution in [-0.4, -0.2) is 40.5 Å². The van der Waals surface area contributed by atoms with Gasteiger partial charge in [0.2, 0.25) is 0 Å². The minimum absolute atomic E-state index is 0.00103. The minimum atomic E-state index is -0.770. The molecule has 0 saturated carbocycles. The highest BCUT2D eigenvalue weighted by atomic mass is 79.9. The molecular weight excluding hydrogens is 426 g/mol. The molecule has 1 heterocycles. The zero-order valence-electron chi connectivity index (χ0n) is 15.5. The number of aromatic hydroxyl groups is 1. The lowest BCUT2D eigenvalue weighted by Crippen LogP contribution is -2.30. The van der Waals surface area contributed by atoms with Gasteiger partial charge in [-0.15, -0.1) is 0 Å². The van der Waals surface area contributed by atoms with Crippen LogP contribution in [0.4, 0.5) is 0 Å². The Kier molecular flexibility index (Phi) is 5.74. The van der Waals surface area contributed by atoms with Gasteiger partial charge in [0, 0.05) is 12.1 Å². The highest BCUT2D eigenvalue weighted by molar-refractivity contribution is 9.10. The average Bonchev–Trinajstić information content (AvgIpc) is 2.92. The molecule has 1 aliphatic heterocycles. The number of amides is 1. The summed E-state index contributed by atoms with van der Waals surface area (Å²) in [6, 6.07) is 10.5. The van der Waals surface area contributed by atoms with Crippen LogP contribution in [0.5, 0.6) is 11.5 Å². The van der Waals surface area contributed by atoms with Gasteiger partial charge in [-0.25, -0.2) is 0 Å². The molecule has 1 aliphatic rings. The Morgan fingerprint density at radius 1 is 1.21 bits per heavy atom. The number of ether oxygens (including phenoxy) is 1. The van der Waals surface area contributed by atoms with Crippen molar-refractivity contribution in [2.75, 3.05) is 13.7 Å². The molecule has 28 heavy (non-hydrogen) atoms. The van der Waals surface area contributed by atoms with Gasteiger partial charge in [-0.2, -0.15) is 0 Å². The fraction of sp³-hybridized carbons (Fsp3) is 0.238. The van der Waals surface area contributed by atoms with Crippen LogP contribution in [0.1, 0.15) is 30.5 Å². The van der Waals surface area contributed by atoms with Crippen LogP contribution in [0.15, 0.2) is 52.5 Å². The lowest BCUT2D eigenvalue weighted by atomic mass is 9.95. The Morgan fingerprint density at radius 3 is 2.57 bits per heavy atom. The SMILES string of the molecule is CCCN1C(=O)C(=O)/C(=C(\O)c2ccc(OC)c(Br)c2)C1c1cccc(O)c1. The van der Waals surface area contributed by atoms with Gasteiger partial charge < -0.3 is 19.8 Å². The number of nitrogens with zero attached hydrogens (tertiary/aromatic N) is 1. The summed E-state index contributed by atoms with van der Waals surface area (Å²) < 4.78 is 5.80. The van der Waals surface area contributed by atoms with E-state index in [1.807, 2.05) is 6.92 Å². The molecule has 1 fully saturated rings. The molecule has 1 saturated heterocycles. The first-order valence-corrected chi connectivity index (χ1v) is 9.59. The van der Waals surface area contributed by atoms with Gasteiger partial charge in [-0.05, 0) is 58.2 Å². The van der Waals surface area contributed by atoms with Crippen molar-refractivity contribution >= 4 is 33.4 Å². The van der Waals surface area contributed by atoms with Crippen LogP contribution in [0.25, 0.3) is 5.76 Å². The molecule has 2 N–H and O–H groups in total. The summed E-state index contributed by atoms with van der Waals surface area (Å²) in [5.74, 6) is -1.08. The highest BCUT2D eigenvalue weighted by Gasteiger charge is 2.45. The molecule has 1 amide bonds. The summed E-state index contributed by atoms with van der Waals surface area (Å²) in [4.78, 5) is 26.8. The van der Waals surface area contributed by atoms with E-state index in [9.17, 15) is 19.8 Å². The van der Waals surface area contributed by atoms with E-state index in [1.165, 1.54) is 24.1 Å². The topological polar surface area (TPSA) is 87.1 Å². The lowest BCUT2D eigenvalue weighted by molar-refractivity contribution is -0.139. The number of ketones is 1. The van der Waals surface area contributed by atoms with Crippen molar-refractivity contribution in [2.45, 2.75) is 19.4 Å². The molecule has 0 bridgehead atoms. The number of Topliss-reactive ketones (excluding diaryl/α,β-unsaturated/α-hetero) is 1. The van der Waals surface area contributed by atoms with Gasteiger partial charge in [0.1, 0.15) is 17.3 Å². The first kappa shape index (κ1) is 19.9. The van der Waals surface area contributed by atoms with Crippen LogP contribution in [0.2, 0.25) is 0 Å². The number of rotatable bonds is 5. The Hall–Kier alpha value is -2.80. The van der Waals surface area contributed by atoms with Crippen LogP contribution in [-0.2, 0) is 9.59 Å². The van der Waals surface area contributed by atoms with E-state index in [-0.39, 0.29) is 17.1 Å². The van der Waals surface area contributed by atoms with Crippen LogP contribution in [0, 0.1) is 0 Å². The number of phenols is 1. The quantitative estimate of drug-likeness (QED) is 0.412. The van der Waals surface area contributed by atoms with E-state index in [4.69, 9.17) is 4.74 Å². The number of methoxy groups -OCH3 is 1. The number of benzene rings is 2. The van der Waals surface area contributed by atoms with E-state index in [1.54, 1.807) is 30.3 Å². The second-order valence-corrected chi connectivity index (χ2v) is 7.29. The van der Waals surface area contributed by atoms with Gasteiger partial charge in [0.15, 0.2) is 0 Å². The zero-order valence-corrected chi connectivity index (χ0v) is 17.1. The third-order valence-electron chi connectivity index (χ3n) is 4.62. The summed E-state index contributed by atoms with van der Waals surface area (Å²) >= 11 is 3.36. The number of likely N-dealkylation sites (tertiary alicyclic amines) is 1. The van der Waals surface area contributed by atoms with Crippen molar-refractivity contribution in [2.24, 2.45) is 0 Å². The molecule has 2 aromatic carbocycles. The first-order valence-electron chi connectivity index (χ1n) is 8.80. The smallest absolute Gasteiger partial charge is 0.295 e. The molecule has 0 radical (unpaired) electrons. The van der Waals surface area contributed by atoms with Crippen molar-refractivity contribution < 1.29 is 24.5 Å². The molecular formula is C21H20BrNO5. The lowest BCUT2D eigenvalue weighted by Gasteiger charge is -2.25. The molecule has 0 aromatic heterocycles. The zero-order chi connectivity index (χ0) is 20.4. The van der Waals surface area contributed by atoms with Crippen LogP contribution >= 0.6 is 15.9 Å². The number of halogens is 1. The largest absolute Gasteiger partial charge is 0.508 e. The van der Waals surface area contributed by atoms with Crippen molar-refractivity contribution in [1.82, 2.24) is 4.90 Å². The molecule has 7 heteroatoms. The maximum absolute atomic E-state index is 12.8. The number of hydrogen-bond donors (Lipinski definition) is 2. The third-order valence-corrected chi connectivity index (χ3v) is 5.24. The maximum atomic E-state index is 12.8. The van der Waals surface area contributed by atoms with Crippen LogP contribution < -0.4 is 4.74 Å². The second-order valence-electron chi connectivity index (χ2n) is 6.44. The minimum Gasteiger partial charge on any atom is -0.508 e. The number of carbonyl (C=O) groups is 2.